The maximum atomic E-state index is 5.62. The highest BCUT2D eigenvalue weighted by molar-refractivity contribution is 7.98. The van der Waals surface area contributed by atoms with Crippen LogP contribution in [0.3, 0.4) is 0 Å². The lowest BCUT2D eigenvalue weighted by Gasteiger charge is -2.06. The molecule has 0 saturated carbocycles. The van der Waals surface area contributed by atoms with Gasteiger partial charge in [-0.25, -0.2) is 4.98 Å². The number of anilines is 1. The van der Waals surface area contributed by atoms with Crippen LogP contribution in [0.25, 0.3) is 0 Å². The lowest BCUT2D eigenvalue weighted by Crippen LogP contribution is -1.98. The largest absolute Gasteiger partial charge is 0.481 e. The van der Waals surface area contributed by atoms with Gasteiger partial charge in [0.05, 0.1) is 7.11 Å². The van der Waals surface area contributed by atoms with Crippen LogP contribution in [0.5, 0.6) is 5.88 Å². The highest BCUT2D eigenvalue weighted by Gasteiger charge is 2.04. The molecule has 5 heteroatoms. The molecule has 18 heavy (non-hydrogen) atoms. The van der Waals surface area contributed by atoms with Crippen molar-refractivity contribution in [2.24, 2.45) is 0 Å². The first kappa shape index (κ1) is 12.7. The van der Waals surface area contributed by atoms with Gasteiger partial charge in [0.25, 0.3) is 0 Å². The Kier molecular flexibility index (Phi) is 4.04. The van der Waals surface area contributed by atoms with Gasteiger partial charge >= 0.3 is 0 Å². The zero-order valence-corrected chi connectivity index (χ0v) is 11.2. The number of nitrogen functional groups attached to an aromatic ring is 1. The number of nitrogens with zero attached hydrogens (tertiary/aromatic N) is 2. The summed E-state index contributed by atoms with van der Waals surface area (Å²) in [6.07, 6.45) is 0. The summed E-state index contributed by atoms with van der Waals surface area (Å²) in [5.41, 5.74) is 8.19. The molecule has 2 aromatic rings. The molecule has 0 fully saturated rings. The Labute approximate surface area is 111 Å². The van der Waals surface area contributed by atoms with E-state index < -0.39 is 0 Å². The molecular formula is C13H15N3OS. The van der Waals surface area contributed by atoms with E-state index in [-0.39, 0.29) is 5.95 Å². The van der Waals surface area contributed by atoms with Gasteiger partial charge in [0, 0.05) is 11.8 Å². The van der Waals surface area contributed by atoms with Crippen LogP contribution in [-0.2, 0) is 5.75 Å². The number of nitrogens with two attached hydrogens (primary N) is 1. The van der Waals surface area contributed by atoms with Gasteiger partial charge in [-0.15, -0.1) is 11.8 Å². The third-order valence-corrected chi connectivity index (χ3v) is 3.50. The van der Waals surface area contributed by atoms with Crippen molar-refractivity contribution in [2.75, 3.05) is 12.8 Å². The maximum Gasteiger partial charge on any atom is 0.224 e. The highest BCUT2D eigenvalue weighted by Crippen LogP contribution is 2.25. The van der Waals surface area contributed by atoms with E-state index in [0.29, 0.717) is 5.88 Å². The van der Waals surface area contributed by atoms with Crippen LogP contribution in [0, 0.1) is 6.92 Å². The average Bonchev–Trinajstić information content (AvgIpc) is 2.37. The Hall–Kier alpha value is -1.75. The third kappa shape index (κ3) is 3.13. The van der Waals surface area contributed by atoms with Crippen LogP contribution < -0.4 is 10.5 Å². The Morgan fingerprint density at radius 2 is 2.06 bits per heavy atom. The number of hydrogen-bond donors (Lipinski definition) is 1. The molecule has 0 unspecified atom stereocenters. The fourth-order valence-corrected chi connectivity index (χ4v) is 2.49. The molecule has 1 aromatic heterocycles. The van der Waals surface area contributed by atoms with E-state index in [4.69, 9.17) is 10.5 Å². The minimum atomic E-state index is 0.238. The smallest absolute Gasteiger partial charge is 0.224 e. The van der Waals surface area contributed by atoms with Crippen molar-refractivity contribution in [2.45, 2.75) is 17.7 Å². The zero-order valence-electron chi connectivity index (χ0n) is 10.4. The van der Waals surface area contributed by atoms with Crippen molar-refractivity contribution < 1.29 is 4.74 Å². The average molecular weight is 261 g/mol. The SMILES string of the molecule is COc1cc(SCc2ccccc2C)nc(N)n1. The highest BCUT2D eigenvalue weighted by atomic mass is 32.2. The molecule has 2 N–H and O–H groups in total. The van der Waals surface area contributed by atoms with Crippen molar-refractivity contribution >= 4 is 17.7 Å². The molecule has 0 aliphatic carbocycles. The Morgan fingerprint density at radius 1 is 1.28 bits per heavy atom. The Balaban J connectivity index is 2.11. The van der Waals surface area contributed by atoms with E-state index in [9.17, 15) is 0 Å². The van der Waals surface area contributed by atoms with Gasteiger partial charge in [-0.3, -0.25) is 0 Å². The van der Waals surface area contributed by atoms with Gasteiger partial charge in [-0.1, -0.05) is 24.3 Å². The summed E-state index contributed by atoms with van der Waals surface area (Å²) in [5.74, 6) is 1.59. The van der Waals surface area contributed by atoms with E-state index in [1.165, 1.54) is 11.1 Å². The van der Waals surface area contributed by atoms with E-state index in [2.05, 4.69) is 29.0 Å². The molecule has 94 valence electrons. The molecule has 1 heterocycles. The lowest BCUT2D eigenvalue weighted by atomic mass is 10.1. The second-order valence-corrected chi connectivity index (χ2v) is 4.82. The molecule has 1 aromatic carbocycles. The molecular weight excluding hydrogens is 246 g/mol. The first-order chi connectivity index (χ1) is 8.69. The van der Waals surface area contributed by atoms with Crippen LogP contribution >= 0.6 is 11.8 Å². The molecule has 0 radical (unpaired) electrons. The number of aromatic nitrogens is 2. The molecule has 0 aliphatic rings. The minimum Gasteiger partial charge on any atom is -0.481 e. The minimum absolute atomic E-state index is 0.238. The van der Waals surface area contributed by atoms with Crippen molar-refractivity contribution in [1.29, 1.82) is 0 Å². The van der Waals surface area contributed by atoms with Gasteiger partial charge in [0.2, 0.25) is 11.8 Å². The molecule has 0 saturated heterocycles. The van der Waals surface area contributed by atoms with Gasteiger partial charge in [0.1, 0.15) is 5.03 Å². The monoisotopic (exact) mass is 261 g/mol. The summed E-state index contributed by atoms with van der Waals surface area (Å²) in [7, 11) is 1.57. The second-order valence-electron chi connectivity index (χ2n) is 3.82. The van der Waals surface area contributed by atoms with Gasteiger partial charge in [-0.05, 0) is 18.1 Å². The summed E-state index contributed by atoms with van der Waals surface area (Å²) < 4.78 is 5.07. The standard InChI is InChI=1S/C13H15N3OS/c1-9-5-3-4-6-10(9)8-18-12-7-11(17-2)15-13(14)16-12/h3-7H,8H2,1-2H3,(H2,14,15,16). The van der Waals surface area contributed by atoms with E-state index >= 15 is 0 Å². The van der Waals surface area contributed by atoms with Crippen LogP contribution in [0.4, 0.5) is 5.95 Å². The predicted octanol–water partition coefficient (Wildman–Crippen LogP) is 2.67. The molecule has 0 bridgehead atoms. The zero-order chi connectivity index (χ0) is 13.0. The fraction of sp³-hybridized carbons (Fsp3) is 0.231. The van der Waals surface area contributed by atoms with Crippen molar-refractivity contribution in [3.63, 3.8) is 0 Å². The van der Waals surface area contributed by atoms with Crippen LogP contribution in [0.15, 0.2) is 35.4 Å². The second kappa shape index (κ2) is 5.73. The van der Waals surface area contributed by atoms with Crippen LogP contribution in [-0.4, -0.2) is 17.1 Å². The van der Waals surface area contributed by atoms with E-state index in [0.717, 1.165) is 10.8 Å². The van der Waals surface area contributed by atoms with Crippen molar-refractivity contribution in [3.05, 3.63) is 41.5 Å². The first-order valence-electron chi connectivity index (χ1n) is 5.55. The van der Waals surface area contributed by atoms with Gasteiger partial charge in [-0.2, -0.15) is 4.98 Å². The summed E-state index contributed by atoms with van der Waals surface area (Å²) in [6.45, 7) is 2.10. The summed E-state index contributed by atoms with van der Waals surface area (Å²) >= 11 is 1.62. The first-order valence-corrected chi connectivity index (χ1v) is 6.53. The lowest BCUT2D eigenvalue weighted by molar-refractivity contribution is 0.396. The number of hydrogen-bond acceptors (Lipinski definition) is 5. The number of aryl methyl sites for hydroxylation is 1. The molecule has 0 amide bonds. The molecule has 4 nitrogen and oxygen atoms in total. The molecule has 0 spiro atoms. The van der Waals surface area contributed by atoms with E-state index in [1.54, 1.807) is 24.9 Å². The normalized spacial score (nSPS) is 10.3. The van der Waals surface area contributed by atoms with Gasteiger partial charge in [0.15, 0.2) is 0 Å². The quantitative estimate of drug-likeness (QED) is 0.677. The van der Waals surface area contributed by atoms with Crippen LogP contribution in [0.1, 0.15) is 11.1 Å². The fourth-order valence-electron chi connectivity index (χ4n) is 1.52. The maximum absolute atomic E-state index is 5.62. The molecule has 0 atom stereocenters. The Bertz CT molecular complexity index is 546. The van der Waals surface area contributed by atoms with Crippen molar-refractivity contribution in [1.82, 2.24) is 9.97 Å². The summed E-state index contributed by atoms with van der Waals surface area (Å²) in [5, 5.41) is 0.822. The summed E-state index contributed by atoms with van der Waals surface area (Å²) in [4.78, 5) is 8.13. The Morgan fingerprint density at radius 3 is 2.78 bits per heavy atom. The van der Waals surface area contributed by atoms with Gasteiger partial charge < -0.3 is 10.5 Å². The molecule has 2 rings (SSSR count). The van der Waals surface area contributed by atoms with Crippen LogP contribution in [0.2, 0.25) is 0 Å². The number of ether oxygens (including phenoxy) is 1. The molecule has 0 aliphatic heterocycles. The van der Waals surface area contributed by atoms with Crippen molar-refractivity contribution in [3.8, 4) is 5.88 Å². The predicted molar refractivity (Wildman–Crippen MR) is 73.7 cm³/mol. The third-order valence-electron chi connectivity index (χ3n) is 2.54. The number of thioether (sulfide) groups is 1. The number of rotatable bonds is 4. The van der Waals surface area contributed by atoms with E-state index in [1.807, 2.05) is 12.1 Å². The number of methoxy groups -OCH3 is 1. The summed E-state index contributed by atoms with van der Waals surface area (Å²) in [6, 6.07) is 10.1. The topological polar surface area (TPSA) is 61.0 Å². The number of benzene rings is 1.